The van der Waals surface area contributed by atoms with Crippen molar-refractivity contribution in [3.8, 4) is 11.4 Å². The van der Waals surface area contributed by atoms with Gasteiger partial charge in [-0.3, -0.25) is 0 Å². The molecule has 0 aliphatic heterocycles. The van der Waals surface area contributed by atoms with E-state index in [4.69, 9.17) is 4.74 Å². The summed E-state index contributed by atoms with van der Waals surface area (Å²) in [4.78, 5) is 23.3. The van der Waals surface area contributed by atoms with Crippen molar-refractivity contribution in [1.82, 2.24) is 9.97 Å². The molecule has 2 rings (SSSR count). The number of benzene rings is 1. The minimum Gasteiger partial charge on any atom is -0.462 e. The molecule has 0 bridgehead atoms. The molecule has 1 aromatic heterocycles. The third kappa shape index (κ3) is 3.67. The molecule has 0 radical (unpaired) electrons. The van der Waals surface area contributed by atoms with Crippen molar-refractivity contribution in [2.45, 2.75) is 27.7 Å². The number of nitrogens with zero attached hydrogens (tertiary/aromatic N) is 3. The number of rotatable bonds is 6. The van der Waals surface area contributed by atoms with Crippen LogP contribution in [0.15, 0.2) is 30.5 Å². The molecule has 1 aromatic carbocycles. The van der Waals surface area contributed by atoms with Gasteiger partial charge in [-0.25, -0.2) is 14.8 Å². The number of esters is 1. The Labute approximate surface area is 137 Å². The summed E-state index contributed by atoms with van der Waals surface area (Å²) >= 11 is 0. The van der Waals surface area contributed by atoms with Gasteiger partial charge in [0.05, 0.1) is 6.61 Å². The highest BCUT2D eigenvalue weighted by molar-refractivity contribution is 5.94. The molecule has 122 valence electrons. The summed E-state index contributed by atoms with van der Waals surface area (Å²) in [5.74, 6) is 0.866. The van der Waals surface area contributed by atoms with E-state index >= 15 is 0 Å². The van der Waals surface area contributed by atoms with Crippen molar-refractivity contribution in [3.63, 3.8) is 0 Å². The van der Waals surface area contributed by atoms with Crippen LogP contribution in [0.1, 0.15) is 36.7 Å². The zero-order chi connectivity index (χ0) is 16.8. The molecule has 0 saturated carbocycles. The first-order chi connectivity index (χ1) is 11.1. The van der Waals surface area contributed by atoms with E-state index in [1.807, 2.05) is 49.9 Å². The van der Waals surface area contributed by atoms with Crippen LogP contribution in [-0.2, 0) is 4.74 Å². The second-order valence-electron chi connectivity index (χ2n) is 5.14. The van der Waals surface area contributed by atoms with Crippen molar-refractivity contribution in [2.24, 2.45) is 0 Å². The number of ether oxygens (including phenoxy) is 1. The summed E-state index contributed by atoms with van der Waals surface area (Å²) in [7, 11) is 0. The van der Waals surface area contributed by atoms with E-state index in [0.29, 0.717) is 23.8 Å². The van der Waals surface area contributed by atoms with Gasteiger partial charge >= 0.3 is 5.97 Å². The Hall–Kier alpha value is -2.43. The summed E-state index contributed by atoms with van der Waals surface area (Å²) in [6.45, 7) is 9.73. The molecule has 0 amide bonds. The van der Waals surface area contributed by atoms with Gasteiger partial charge in [0.25, 0.3) is 0 Å². The van der Waals surface area contributed by atoms with Crippen molar-refractivity contribution >= 4 is 11.8 Å². The van der Waals surface area contributed by atoms with E-state index in [2.05, 4.69) is 9.97 Å². The molecular weight excluding hydrogens is 290 g/mol. The first-order valence-corrected chi connectivity index (χ1v) is 7.97. The lowest BCUT2D eigenvalue weighted by atomic mass is 10.1. The highest BCUT2D eigenvalue weighted by Crippen LogP contribution is 2.25. The van der Waals surface area contributed by atoms with Crippen LogP contribution in [0, 0.1) is 6.92 Å². The van der Waals surface area contributed by atoms with Crippen LogP contribution in [0.2, 0.25) is 0 Å². The number of hydrogen-bond acceptors (Lipinski definition) is 5. The Balaban J connectivity index is 2.55. The molecule has 23 heavy (non-hydrogen) atoms. The maximum absolute atomic E-state index is 12.2. The Morgan fingerprint density at radius 2 is 1.87 bits per heavy atom. The lowest BCUT2D eigenvalue weighted by molar-refractivity contribution is 0.0526. The Morgan fingerprint density at radius 3 is 2.48 bits per heavy atom. The first kappa shape index (κ1) is 16.9. The number of carbonyl (C=O) groups is 1. The minimum atomic E-state index is -0.384. The van der Waals surface area contributed by atoms with E-state index in [-0.39, 0.29) is 5.97 Å². The molecule has 5 nitrogen and oxygen atoms in total. The minimum absolute atomic E-state index is 0.329. The van der Waals surface area contributed by atoms with Gasteiger partial charge in [-0.2, -0.15) is 0 Å². The van der Waals surface area contributed by atoms with Crippen molar-refractivity contribution in [3.05, 3.63) is 41.6 Å². The molecular formula is C18H23N3O2. The third-order valence-corrected chi connectivity index (χ3v) is 3.71. The van der Waals surface area contributed by atoms with E-state index in [0.717, 1.165) is 24.2 Å². The van der Waals surface area contributed by atoms with E-state index in [9.17, 15) is 4.79 Å². The predicted molar refractivity (Wildman–Crippen MR) is 91.7 cm³/mol. The Bertz CT molecular complexity index is 682. The van der Waals surface area contributed by atoms with Crippen LogP contribution in [0.25, 0.3) is 11.4 Å². The summed E-state index contributed by atoms with van der Waals surface area (Å²) in [6, 6.07) is 7.95. The molecule has 1 heterocycles. The molecule has 0 aliphatic rings. The summed E-state index contributed by atoms with van der Waals surface area (Å²) < 4.78 is 5.13. The lowest BCUT2D eigenvalue weighted by Gasteiger charge is -2.22. The van der Waals surface area contributed by atoms with Crippen molar-refractivity contribution in [2.75, 3.05) is 24.6 Å². The van der Waals surface area contributed by atoms with Crippen LogP contribution in [-0.4, -0.2) is 35.6 Å². The average Bonchev–Trinajstić information content (AvgIpc) is 2.56. The van der Waals surface area contributed by atoms with Crippen LogP contribution < -0.4 is 4.90 Å². The summed E-state index contributed by atoms with van der Waals surface area (Å²) in [5, 5.41) is 0. The summed E-state index contributed by atoms with van der Waals surface area (Å²) in [6.07, 6.45) is 1.57. The van der Waals surface area contributed by atoms with Gasteiger partial charge in [-0.1, -0.05) is 24.3 Å². The third-order valence-electron chi connectivity index (χ3n) is 3.71. The molecule has 0 N–H and O–H groups in total. The van der Waals surface area contributed by atoms with Gasteiger partial charge in [-0.15, -0.1) is 0 Å². The van der Waals surface area contributed by atoms with Crippen LogP contribution >= 0.6 is 0 Å². The topological polar surface area (TPSA) is 55.3 Å². The zero-order valence-electron chi connectivity index (χ0n) is 14.2. The van der Waals surface area contributed by atoms with Crippen LogP contribution in [0.4, 0.5) is 5.82 Å². The number of anilines is 1. The largest absolute Gasteiger partial charge is 0.462 e. The fourth-order valence-electron chi connectivity index (χ4n) is 2.44. The van der Waals surface area contributed by atoms with E-state index < -0.39 is 0 Å². The van der Waals surface area contributed by atoms with Gasteiger partial charge in [0.2, 0.25) is 0 Å². The Morgan fingerprint density at radius 1 is 1.17 bits per heavy atom. The average molecular weight is 313 g/mol. The summed E-state index contributed by atoms with van der Waals surface area (Å²) in [5.41, 5.74) is 2.48. The fraction of sp³-hybridized carbons (Fsp3) is 0.389. The molecule has 0 spiro atoms. The fourth-order valence-corrected chi connectivity index (χ4v) is 2.44. The normalized spacial score (nSPS) is 10.4. The molecule has 0 aliphatic carbocycles. The first-order valence-electron chi connectivity index (χ1n) is 7.97. The van der Waals surface area contributed by atoms with Crippen LogP contribution in [0.5, 0.6) is 0 Å². The lowest BCUT2D eigenvalue weighted by Crippen LogP contribution is -2.26. The van der Waals surface area contributed by atoms with Crippen molar-refractivity contribution in [1.29, 1.82) is 0 Å². The Kier molecular flexibility index (Phi) is 5.68. The number of aromatic nitrogens is 2. The van der Waals surface area contributed by atoms with E-state index in [1.54, 1.807) is 13.1 Å². The van der Waals surface area contributed by atoms with E-state index in [1.165, 1.54) is 0 Å². The predicted octanol–water partition coefficient (Wildman–Crippen LogP) is 3.47. The van der Waals surface area contributed by atoms with Gasteiger partial charge < -0.3 is 9.64 Å². The molecule has 0 saturated heterocycles. The second kappa shape index (κ2) is 7.72. The monoisotopic (exact) mass is 313 g/mol. The van der Waals surface area contributed by atoms with Gasteiger partial charge in [-0.05, 0) is 33.3 Å². The van der Waals surface area contributed by atoms with Crippen molar-refractivity contribution < 1.29 is 9.53 Å². The molecule has 0 atom stereocenters. The number of aryl methyl sites for hydroxylation is 1. The van der Waals surface area contributed by atoms with Crippen LogP contribution in [0.3, 0.4) is 0 Å². The molecule has 5 heteroatoms. The quantitative estimate of drug-likeness (QED) is 0.764. The van der Waals surface area contributed by atoms with Gasteiger partial charge in [0.1, 0.15) is 11.4 Å². The molecule has 0 fully saturated rings. The van der Waals surface area contributed by atoms with Gasteiger partial charge in [0, 0.05) is 24.8 Å². The maximum atomic E-state index is 12.2. The number of hydrogen-bond donors (Lipinski definition) is 0. The smallest absolute Gasteiger partial charge is 0.343 e. The second-order valence-corrected chi connectivity index (χ2v) is 5.14. The number of carbonyl (C=O) groups excluding carboxylic acids is 1. The highest BCUT2D eigenvalue weighted by Gasteiger charge is 2.20. The SMILES string of the molecule is CCOC(=O)c1cnc(-c2ccccc2C)nc1N(CC)CC. The molecule has 0 unspecified atom stereocenters. The standard InChI is InChI=1S/C18H23N3O2/c1-5-21(6-2)17-15(18(22)23-7-3)12-19-16(20-17)14-11-9-8-10-13(14)4/h8-12H,5-7H2,1-4H3. The maximum Gasteiger partial charge on any atom is 0.343 e. The van der Waals surface area contributed by atoms with Gasteiger partial charge in [0.15, 0.2) is 5.82 Å². The highest BCUT2D eigenvalue weighted by atomic mass is 16.5. The molecule has 2 aromatic rings. The zero-order valence-corrected chi connectivity index (χ0v) is 14.2.